The molecule has 1 saturated carbocycles. The zero-order valence-corrected chi connectivity index (χ0v) is 28.7. The lowest BCUT2D eigenvalue weighted by atomic mass is 9.90. The summed E-state index contributed by atoms with van der Waals surface area (Å²) in [6.45, 7) is 3.24. The summed E-state index contributed by atoms with van der Waals surface area (Å²) < 4.78 is 4.93. The highest BCUT2D eigenvalue weighted by molar-refractivity contribution is 7.18. The second-order valence-corrected chi connectivity index (χ2v) is 14.5. The molecular weight excluding hydrogens is 625 g/mol. The number of alkyl carbamates (subject to hydrolysis) is 1. The van der Waals surface area contributed by atoms with Crippen molar-refractivity contribution in [3.63, 3.8) is 0 Å². The van der Waals surface area contributed by atoms with Gasteiger partial charge in [-0.3, -0.25) is 0 Å². The third kappa shape index (κ3) is 7.95. The van der Waals surface area contributed by atoms with Crippen LogP contribution in [-0.2, 0) is 4.74 Å². The van der Waals surface area contributed by atoms with Crippen LogP contribution >= 0.6 is 11.3 Å². The topological polar surface area (TPSA) is 175 Å². The number of amides is 1. The predicted molar refractivity (Wildman–Crippen MR) is 194 cm³/mol. The molecule has 10 N–H and O–H groups in total. The maximum atomic E-state index is 12.1. The number of methoxy groups -OCH3 is 1. The highest BCUT2D eigenvalue weighted by Crippen LogP contribution is 2.43. The summed E-state index contributed by atoms with van der Waals surface area (Å²) in [7, 11) is 1.42. The van der Waals surface area contributed by atoms with Gasteiger partial charge < -0.3 is 42.3 Å². The second kappa shape index (κ2) is 15.7. The van der Waals surface area contributed by atoms with Crippen molar-refractivity contribution >= 4 is 39.6 Å². The Kier molecular flexibility index (Phi) is 11.2. The number of carbonyl (C=O) groups is 1. The first-order valence-electron chi connectivity index (χ1n) is 17.3. The molecule has 2 aliphatic rings. The van der Waals surface area contributed by atoms with Crippen molar-refractivity contribution in [2.24, 2.45) is 23.3 Å². The first-order chi connectivity index (χ1) is 23.4. The number of aromatic amines is 1. The van der Waals surface area contributed by atoms with E-state index in [-0.39, 0.29) is 36.2 Å². The van der Waals surface area contributed by atoms with Crippen LogP contribution in [0.5, 0.6) is 0 Å². The van der Waals surface area contributed by atoms with Gasteiger partial charge in [-0.2, -0.15) is 0 Å². The normalized spacial score (nSPS) is 18.1. The first kappa shape index (κ1) is 34.2. The molecule has 2 aromatic carbocycles. The number of aromatic nitrogens is 2. The molecule has 3 heterocycles. The van der Waals surface area contributed by atoms with Crippen molar-refractivity contribution < 1.29 is 14.7 Å². The minimum absolute atomic E-state index is 0.0340. The summed E-state index contributed by atoms with van der Waals surface area (Å²) in [5.41, 5.74) is 18.5. The number of ether oxygens (including phenoxy) is 1. The van der Waals surface area contributed by atoms with E-state index in [4.69, 9.17) is 21.2 Å². The van der Waals surface area contributed by atoms with Crippen LogP contribution in [0.3, 0.4) is 0 Å². The number of imidazole rings is 1. The number of nitrogens with one attached hydrogen (secondary N) is 5. The van der Waals surface area contributed by atoms with Gasteiger partial charge in [0.1, 0.15) is 5.82 Å². The molecular formula is C36H50N8O3S. The molecule has 1 aliphatic carbocycles. The van der Waals surface area contributed by atoms with Gasteiger partial charge in [0, 0.05) is 28.3 Å². The molecule has 6 rings (SSSR count). The Balaban J connectivity index is 1.17. The summed E-state index contributed by atoms with van der Waals surface area (Å²) in [6, 6.07) is 15.4. The number of thiophene rings is 1. The van der Waals surface area contributed by atoms with Gasteiger partial charge in [0.05, 0.1) is 41.4 Å². The van der Waals surface area contributed by atoms with E-state index in [1.54, 1.807) is 11.3 Å². The number of fused-ring (bicyclic) bond motifs is 3. The van der Waals surface area contributed by atoms with E-state index in [1.807, 2.05) is 13.1 Å². The van der Waals surface area contributed by atoms with Crippen molar-refractivity contribution in [2.45, 2.75) is 82.5 Å². The Morgan fingerprint density at radius 1 is 1.06 bits per heavy atom. The number of anilines is 2. The van der Waals surface area contributed by atoms with E-state index < -0.39 is 0 Å². The molecule has 48 heavy (non-hydrogen) atoms. The van der Waals surface area contributed by atoms with E-state index in [0.717, 1.165) is 79.1 Å². The lowest BCUT2D eigenvalue weighted by Crippen LogP contribution is -2.42. The van der Waals surface area contributed by atoms with Crippen LogP contribution in [0.2, 0.25) is 0 Å². The number of hydroxylamine groups is 1. The fourth-order valence-corrected chi connectivity index (χ4v) is 8.04. The maximum Gasteiger partial charge on any atom is 0.407 e. The molecule has 2 unspecified atom stereocenters. The quantitative estimate of drug-likeness (QED) is 0.0575. The van der Waals surface area contributed by atoms with Crippen LogP contribution < -0.4 is 32.9 Å². The fourth-order valence-electron chi connectivity index (χ4n) is 7.08. The molecule has 11 nitrogen and oxygen atoms in total. The number of hydrogen-bond donors (Lipinski definition) is 8. The van der Waals surface area contributed by atoms with Gasteiger partial charge in [0.15, 0.2) is 0 Å². The van der Waals surface area contributed by atoms with Crippen LogP contribution in [-0.4, -0.2) is 59.7 Å². The Hall–Kier alpha value is -3.68. The van der Waals surface area contributed by atoms with E-state index in [2.05, 4.69) is 68.9 Å². The second-order valence-electron chi connectivity index (χ2n) is 13.4. The highest BCUT2D eigenvalue weighted by Gasteiger charge is 2.37. The minimum Gasteiger partial charge on any atom is -0.453 e. The van der Waals surface area contributed by atoms with Crippen molar-refractivity contribution in [3.8, 4) is 21.0 Å². The van der Waals surface area contributed by atoms with Crippen molar-refractivity contribution in [1.29, 1.82) is 0 Å². The molecule has 1 amide bonds. The van der Waals surface area contributed by atoms with Crippen LogP contribution in [0, 0.1) is 11.8 Å². The molecule has 5 atom stereocenters. The molecule has 0 bridgehead atoms. The maximum absolute atomic E-state index is 12.1. The van der Waals surface area contributed by atoms with Gasteiger partial charge >= 0.3 is 6.09 Å². The number of carbonyl (C=O) groups excluding carboxylic acids is 1. The summed E-state index contributed by atoms with van der Waals surface area (Å²) >= 11 is 1.74. The van der Waals surface area contributed by atoms with Crippen LogP contribution in [0.25, 0.3) is 31.8 Å². The smallest absolute Gasteiger partial charge is 0.407 e. The number of H-pyrrole nitrogens is 1. The minimum atomic E-state index is -0.359. The van der Waals surface area contributed by atoms with Crippen molar-refractivity contribution in [1.82, 2.24) is 20.8 Å². The van der Waals surface area contributed by atoms with Crippen molar-refractivity contribution in [2.75, 3.05) is 30.8 Å². The summed E-state index contributed by atoms with van der Waals surface area (Å²) in [4.78, 5) is 22.7. The molecule has 2 aromatic heterocycles. The van der Waals surface area contributed by atoms with E-state index in [1.165, 1.54) is 28.3 Å². The molecule has 12 heteroatoms. The van der Waals surface area contributed by atoms with Crippen LogP contribution in [0.1, 0.15) is 70.0 Å². The number of nitrogens with two attached hydrogens (primary N) is 2. The van der Waals surface area contributed by atoms with Gasteiger partial charge in [-0.1, -0.05) is 18.2 Å². The first-order valence-corrected chi connectivity index (χ1v) is 18.1. The lowest BCUT2D eigenvalue weighted by Gasteiger charge is -2.29. The molecule has 0 saturated heterocycles. The van der Waals surface area contributed by atoms with Gasteiger partial charge in [0.2, 0.25) is 0 Å². The SMILES string of the molecule is COC(=O)N[C@H](C[C@@H](CCCN)C1Nc2ccc3cc(-c4ccc(-c5cnc(C(CCCN)C[C@H](C)NO)[nH]5)s4)ccc3c2N1)C1CC1. The average molecular weight is 675 g/mol. The monoisotopic (exact) mass is 674 g/mol. The summed E-state index contributed by atoms with van der Waals surface area (Å²) in [6.07, 6.45) is 9.25. The van der Waals surface area contributed by atoms with Gasteiger partial charge in [-0.15, -0.1) is 11.3 Å². The van der Waals surface area contributed by atoms with E-state index in [9.17, 15) is 10.0 Å². The Bertz CT molecular complexity index is 1670. The average Bonchev–Trinajstić information content (AvgIpc) is 3.45. The van der Waals surface area contributed by atoms with Crippen LogP contribution in [0.15, 0.2) is 48.7 Å². The zero-order valence-electron chi connectivity index (χ0n) is 27.9. The number of rotatable bonds is 17. The van der Waals surface area contributed by atoms with Gasteiger partial charge in [0.25, 0.3) is 0 Å². The molecule has 0 spiro atoms. The molecule has 1 fully saturated rings. The molecule has 258 valence electrons. The Morgan fingerprint density at radius 3 is 2.60 bits per heavy atom. The van der Waals surface area contributed by atoms with Crippen LogP contribution in [0.4, 0.5) is 16.2 Å². The van der Waals surface area contributed by atoms with E-state index in [0.29, 0.717) is 19.0 Å². The Labute approximate surface area is 286 Å². The predicted octanol–water partition coefficient (Wildman–Crippen LogP) is 6.58. The zero-order chi connectivity index (χ0) is 33.6. The largest absolute Gasteiger partial charge is 0.453 e. The fraction of sp³-hybridized carbons (Fsp3) is 0.500. The third-order valence-corrected chi connectivity index (χ3v) is 11.0. The van der Waals surface area contributed by atoms with Gasteiger partial charge in [-0.05, 0) is 118 Å². The number of nitrogens with zero attached hydrogens (tertiary/aromatic N) is 1. The molecule has 4 aromatic rings. The highest BCUT2D eigenvalue weighted by atomic mass is 32.1. The number of hydrogen-bond acceptors (Lipinski definition) is 10. The summed E-state index contributed by atoms with van der Waals surface area (Å²) in [5, 5.41) is 22.4. The lowest BCUT2D eigenvalue weighted by molar-refractivity contribution is 0.124. The Morgan fingerprint density at radius 2 is 1.85 bits per heavy atom. The van der Waals surface area contributed by atoms with E-state index >= 15 is 0 Å². The molecule has 1 aliphatic heterocycles. The third-order valence-electron chi connectivity index (χ3n) is 9.87. The van der Waals surface area contributed by atoms with Gasteiger partial charge in [-0.25, -0.2) is 15.3 Å². The number of benzene rings is 2. The molecule has 0 radical (unpaired) electrons. The standard InChI is InChI=1S/C36H50N8O3S/c1-21(44-46)17-25(5-3-15-37)34-39-20-30(41-34)32-14-13-31(48-32)24-9-11-27-23(18-24)10-12-28-33(27)43-35(40-28)26(6-4-16-38)19-29(22-7-8-22)42-36(45)47-2/h9-14,18,20-22,25-26,29,35,40,43-44,46H,3-8,15-17,19,37-38H2,1-2H3,(H,39,41)(H,42,45)/t21-,25?,26+,29+,35?/m0/s1. The summed E-state index contributed by atoms with van der Waals surface area (Å²) in [5.74, 6) is 1.92. The van der Waals surface area contributed by atoms with Crippen molar-refractivity contribution in [3.05, 3.63) is 54.5 Å².